The summed E-state index contributed by atoms with van der Waals surface area (Å²) in [7, 11) is 1.56. The van der Waals surface area contributed by atoms with Crippen molar-refractivity contribution in [3.05, 3.63) is 23.8 Å². The van der Waals surface area contributed by atoms with E-state index in [0.29, 0.717) is 30.9 Å². The Kier molecular flexibility index (Phi) is 6.87. The van der Waals surface area contributed by atoms with E-state index in [0.717, 1.165) is 5.56 Å². The highest BCUT2D eigenvalue weighted by Crippen LogP contribution is 2.27. The molecule has 2 N–H and O–H groups in total. The number of aliphatic hydroxyl groups excluding tert-OH is 1. The molecule has 1 amide bonds. The van der Waals surface area contributed by atoms with E-state index in [9.17, 15) is 9.90 Å². The summed E-state index contributed by atoms with van der Waals surface area (Å²) < 4.78 is 10.6. The number of nitrogens with one attached hydrogen (secondary N) is 1. The normalized spacial score (nSPS) is 11.8. The number of rotatable bonds is 8. The summed E-state index contributed by atoms with van der Waals surface area (Å²) in [5, 5.41) is 12.1. The number of methoxy groups -OCH3 is 1. The minimum atomic E-state index is -0.367. The standard InChI is InChI=1S/C15H23NO4/c1-4-12(17)7-8-16-15(18)10-20-13-6-5-11(2)9-14(13)19-3/h5-6,9,12,17H,4,7-8,10H2,1-3H3,(H,16,18). The molecular formula is C15H23NO4. The minimum Gasteiger partial charge on any atom is -0.493 e. The Morgan fingerprint density at radius 1 is 1.40 bits per heavy atom. The van der Waals surface area contributed by atoms with Gasteiger partial charge in [-0.15, -0.1) is 0 Å². The lowest BCUT2D eigenvalue weighted by Gasteiger charge is -2.12. The maximum Gasteiger partial charge on any atom is 0.257 e. The van der Waals surface area contributed by atoms with Crippen LogP contribution in [0, 0.1) is 6.92 Å². The Hall–Kier alpha value is -1.75. The minimum absolute atomic E-state index is 0.0678. The number of hydrogen-bond acceptors (Lipinski definition) is 4. The van der Waals surface area contributed by atoms with Gasteiger partial charge in [0.05, 0.1) is 13.2 Å². The summed E-state index contributed by atoms with van der Waals surface area (Å²) in [6.07, 6.45) is 0.872. The van der Waals surface area contributed by atoms with Crippen LogP contribution in [0.1, 0.15) is 25.3 Å². The van der Waals surface area contributed by atoms with Gasteiger partial charge in [0.1, 0.15) is 0 Å². The smallest absolute Gasteiger partial charge is 0.257 e. The molecule has 112 valence electrons. The van der Waals surface area contributed by atoms with Crippen molar-refractivity contribution in [2.24, 2.45) is 0 Å². The molecule has 0 spiro atoms. The molecule has 0 bridgehead atoms. The molecule has 5 heteroatoms. The van der Waals surface area contributed by atoms with Crippen molar-refractivity contribution in [1.82, 2.24) is 5.32 Å². The highest BCUT2D eigenvalue weighted by Gasteiger charge is 2.08. The number of carbonyl (C=O) groups is 1. The monoisotopic (exact) mass is 281 g/mol. The summed E-state index contributed by atoms with van der Waals surface area (Å²) >= 11 is 0. The van der Waals surface area contributed by atoms with E-state index in [2.05, 4.69) is 5.32 Å². The Balaban J connectivity index is 2.37. The van der Waals surface area contributed by atoms with Crippen LogP contribution in [0.4, 0.5) is 0 Å². The lowest BCUT2D eigenvalue weighted by atomic mass is 10.2. The number of amides is 1. The molecule has 20 heavy (non-hydrogen) atoms. The van der Waals surface area contributed by atoms with E-state index in [1.54, 1.807) is 13.2 Å². The second-order valence-electron chi connectivity index (χ2n) is 4.64. The average Bonchev–Trinajstić information content (AvgIpc) is 2.45. The van der Waals surface area contributed by atoms with Crippen molar-refractivity contribution in [3.8, 4) is 11.5 Å². The van der Waals surface area contributed by atoms with Crippen LogP contribution in [0.25, 0.3) is 0 Å². The summed E-state index contributed by atoms with van der Waals surface area (Å²) in [4.78, 5) is 11.6. The van der Waals surface area contributed by atoms with Gasteiger partial charge in [0.15, 0.2) is 18.1 Å². The number of aryl methyl sites for hydroxylation is 1. The van der Waals surface area contributed by atoms with Crippen LogP contribution in [0.5, 0.6) is 11.5 Å². The lowest BCUT2D eigenvalue weighted by Crippen LogP contribution is -2.31. The van der Waals surface area contributed by atoms with Crippen LogP contribution in [0.3, 0.4) is 0 Å². The molecule has 1 aromatic rings. The third-order valence-electron chi connectivity index (χ3n) is 2.95. The van der Waals surface area contributed by atoms with Crippen molar-refractivity contribution < 1.29 is 19.4 Å². The van der Waals surface area contributed by atoms with E-state index in [1.807, 2.05) is 26.0 Å². The van der Waals surface area contributed by atoms with Gasteiger partial charge < -0.3 is 19.9 Å². The van der Waals surface area contributed by atoms with Gasteiger partial charge in [0.25, 0.3) is 5.91 Å². The van der Waals surface area contributed by atoms with E-state index in [-0.39, 0.29) is 18.6 Å². The number of carbonyl (C=O) groups excluding carboxylic acids is 1. The van der Waals surface area contributed by atoms with E-state index >= 15 is 0 Å². The van der Waals surface area contributed by atoms with E-state index in [4.69, 9.17) is 9.47 Å². The molecule has 1 aromatic carbocycles. The lowest BCUT2D eigenvalue weighted by molar-refractivity contribution is -0.123. The van der Waals surface area contributed by atoms with Gasteiger partial charge in [-0.1, -0.05) is 13.0 Å². The topological polar surface area (TPSA) is 67.8 Å². The SMILES string of the molecule is CCC(O)CCNC(=O)COc1ccc(C)cc1OC. The molecule has 1 atom stereocenters. The van der Waals surface area contributed by atoms with E-state index < -0.39 is 0 Å². The van der Waals surface area contributed by atoms with Crippen LogP contribution < -0.4 is 14.8 Å². The Bertz CT molecular complexity index is 434. The maximum absolute atomic E-state index is 11.6. The first-order valence-electron chi connectivity index (χ1n) is 6.79. The van der Waals surface area contributed by atoms with Crippen LogP contribution in [-0.4, -0.2) is 37.4 Å². The predicted molar refractivity (Wildman–Crippen MR) is 77.2 cm³/mol. The molecular weight excluding hydrogens is 258 g/mol. The Morgan fingerprint density at radius 3 is 2.80 bits per heavy atom. The average molecular weight is 281 g/mol. The highest BCUT2D eigenvalue weighted by molar-refractivity contribution is 5.77. The molecule has 0 aliphatic rings. The van der Waals surface area contributed by atoms with Crippen molar-refractivity contribution in [2.75, 3.05) is 20.3 Å². The highest BCUT2D eigenvalue weighted by atomic mass is 16.5. The van der Waals surface area contributed by atoms with Gasteiger partial charge in [0.2, 0.25) is 0 Å². The quantitative estimate of drug-likeness (QED) is 0.760. The maximum atomic E-state index is 11.6. The van der Waals surface area contributed by atoms with Gasteiger partial charge >= 0.3 is 0 Å². The van der Waals surface area contributed by atoms with Gasteiger partial charge in [-0.3, -0.25) is 4.79 Å². The number of ether oxygens (including phenoxy) is 2. The van der Waals surface area contributed by atoms with Crippen molar-refractivity contribution in [1.29, 1.82) is 0 Å². The molecule has 0 aromatic heterocycles. The zero-order valence-electron chi connectivity index (χ0n) is 12.3. The zero-order valence-corrected chi connectivity index (χ0v) is 12.3. The van der Waals surface area contributed by atoms with Crippen molar-refractivity contribution in [2.45, 2.75) is 32.8 Å². The Labute approximate surface area is 119 Å². The second-order valence-corrected chi connectivity index (χ2v) is 4.64. The largest absolute Gasteiger partial charge is 0.493 e. The van der Waals surface area contributed by atoms with E-state index in [1.165, 1.54) is 0 Å². The molecule has 0 heterocycles. The molecule has 0 fully saturated rings. The predicted octanol–water partition coefficient (Wildman–Crippen LogP) is 1.66. The third kappa shape index (κ3) is 5.48. The summed E-state index contributed by atoms with van der Waals surface area (Å²) in [6, 6.07) is 5.53. The molecule has 0 radical (unpaired) electrons. The molecule has 0 saturated heterocycles. The van der Waals surface area contributed by atoms with Crippen LogP contribution in [0.2, 0.25) is 0 Å². The molecule has 0 saturated carbocycles. The van der Waals surface area contributed by atoms with Crippen LogP contribution in [-0.2, 0) is 4.79 Å². The number of aliphatic hydroxyl groups is 1. The first-order chi connectivity index (χ1) is 9.56. The molecule has 0 aliphatic carbocycles. The zero-order chi connectivity index (χ0) is 15.0. The van der Waals surface area contributed by atoms with Crippen LogP contribution in [0.15, 0.2) is 18.2 Å². The first-order valence-corrected chi connectivity index (χ1v) is 6.79. The fourth-order valence-electron chi connectivity index (χ4n) is 1.67. The van der Waals surface area contributed by atoms with Crippen LogP contribution >= 0.6 is 0 Å². The Morgan fingerprint density at radius 2 is 2.15 bits per heavy atom. The first kappa shape index (κ1) is 16.3. The van der Waals surface area contributed by atoms with Gasteiger partial charge in [0, 0.05) is 6.54 Å². The fourth-order valence-corrected chi connectivity index (χ4v) is 1.67. The molecule has 1 unspecified atom stereocenters. The molecule has 0 aliphatic heterocycles. The summed E-state index contributed by atoms with van der Waals surface area (Å²) in [6.45, 7) is 4.24. The van der Waals surface area contributed by atoms with Crippen molar-refractivity contribution in [3.63, 3.8) is 0 Å². The summed E-state index contributed by atoms with van der Waals surface area (Å²) in [5.41, 5.74) is 1.06. The van der Waals surface area contributed by atoms with Gasteiger partial charge in [-0.25, -0.2) is 0 Å². The van der Waals surface area contributed by atoms with Gasteiger partial charge in [-0.2, -0.15) is 0 Å². The third-order valence-corrected chi connectivity index (χ3v) is 2.95. The fraction of sp³-hybridized carbons (Fsp3) is 0.533. The number of benzene rings is 1. The van der Waals surface area contributed by atoms with Crippen molar-refractivity contribution >= 4 is 5.91 Å². The number of hydrogen-bond donors (Lipinski definition) is 2. The molecule has 1 rings (SSSR count). The molecule has 5 nitrogen and oxygen atoms in total. The van der Waals surface area contributed by atoms with Gasteiger partial charge in [-0.05, 0) is 37.5 Å². The second kappa shape index (κ2) is 8.43. The summed E-state index contributed by atoms with van der Waals surface area (Å²) in [5.74, 6) is 0.942.